The van der Waals surface area contributed by atoms with Crippen LogP contribution in [0.1, 0.15) is 11.6 Å². The van der Waals surface area contributed by atoms with Crippen molar-refractivity contribution < 1.29 is 4.74 Å². The maximum absolute atomic E-state index is 6.15. The van der Waals surface area contributed by atoms with Crippen LogP contribution in [0.5, 0.6) is 5.75 Å². The first-order valence-corrected chi connectivity index (χ1v) is 7.76. The molecule has 0 aromatic heterocycles. The molecule has 0 heterocycles. The van der Waals surface area contributed by atoms with E-state index in [1.807, 2.05) is 30.3 Å². The van der Waals surface area contributed by atoms with Crippen molar-refractivity contribution in [3.63, 3.8) is 0 Å². The average molecular weight is 339 g/mol. The summed E-state index contributed by atoms with van der Waals surface area (Å²) in [6.07, 6.45) is 0. The molecule has 1 atom stereocenters. The van der Waals surface area contributed by atoms with Gasteiger partial charge < -0.3 is 15.0 Å². The van der Waals surface area contributed by atoms with Gasteiger partial charge in [0.2, 0.25) is 0 Å². The third-order valence-corrected chi connectivity index (χ3v) is 4.08. The Kier molecular flexibility index (Phi) is 5.95. The molecule has 2 rings (SSSR count). The molecule has 118 valence electrons. The van der Waals surface area contributed by atoms with Gasteiger partial charge >= 0.3 is 0 Å². The molecular formula is C17H20Cl2N2O. The van der Waals surface area contributed by atoms with Crippen LogP contribution in [-0.4, -0.2) is 32.6 Å². The summed E-state index contributed by atoms with van der Waals surface area (Å²) >= 11 is 12.1. The normalized spacial score (nSPS) is 12.3. The van der Waals surface area contributed by atoms with Crippen molar-refractivity contribution in [3.8, 4) is 5.75 Å². The van der Waals surface area contributed by atoms with E-state index in [0.717, 1.165) is 17.3 Å². The van der Waals surface area contributed by atoms with Crippen molar-refractivity contribution in [2.75, 3.05) is 33.1 Å². The zero-order chi connectivity index (χ0) is 16.1. The van der Waals surface area contributed by atoms with Gasteiger partial charge in [-0.3, -0.25) is 0 Å². The molecule has 2 aromatic carbocycles. The number of ether oxygens (including phenoxy) is 1. The number of hydrogen-bond donors (Lipinski definition) is 1. The molecule has 0 aliphatic heterocycles. The average Bonchev–Trinajstić information content (AvgIpc) is 2.49. The van der Waals surface area contributed by atoms with Crippen LogP contribution in [-0.2, 0) is 0 Å². The van der Waals surface area contributed by atoms with Gasteiger partial charge in [0.25, 0.3) is 0 Å². The summed E-state index contributed by atoms with van der Waals surface area (Å²) in [6, 6.07) is 13.9. The van der Waals surface area contributed by atoms with Gasteiger partial charge in [0.05, 0.1) is 18.2 Å². The summed E-state index contributed by atoms with van der Waals surface area (Å²) in [4.78, 5) is 2.17. The highest BCUT2D eigenvalue weighted by molar-refractivity contribution is 6.32. The predicted octanol–water partition coefficient (Wildman–Crippen LogP) is 4.72. The quantitative estimate of drug-likeness (QED) is 0.824. The molecule has 0 aliphatic carbocycles. The molecule has 0 amide bonds. The van der Waals surface area contributed by atoms with Gasteiger partial charge in [0.1, 0.15) is 5.75 Å². The van der Waals surface area contributed by atoms with Crippen LogP contribution in [0, 0.1) is 0 Å². The molecular weight excluding hydrogens is 319 g/mol. The minimum Gasteiger partial charge on any atom is -0.495 e. The van der Waals surface area contributed by atoms with E-state index in [0.29, 0.717) is 10.8 Å². The largest absolute Gasteiger partial charge is 0.495 e. The minimum atomic E-state index is 0.234. The second-order valence-corrected chi connectivity index (χ2v) is 6.10. The lowest BCUT2D eigenvalue weighted by Gasteiger charge is -2.25. The second kappa shape index (κ2) is 7.73. The number of anilines is 1. The Bertz CT molecular complexity index is 615. The third-order valence-electron chi connectivity index (χ3n) is 3.53. The second-order valence-electron chi connectivity index (χ2n) is 5.26. The van der Waals surface area contributed by atoms with E-state index < -0.39 is 0 Å². The minimum absolute atomic E-state index is 0.234. The maximum Gasteiger partial charge on any atom is 0.137 e. The Morgan fingerprint density at radius 1 is 1.09 bits per heavy atom. The number of methoxy groups -OCH3 is 1. The van der Waals surface area contributed by atoms with Crippen molar-refractivity contribution in [2.45, 2.75) is 6.04 Å². The van der Waals surface area contributed by atoms with Gasteiger partial charge in [-0.25, -0.2) is 0 Å². The lowest BCUT2D eigenvalue weighted by molar-refractivity contribution is 0.312. The van der Waals surface area contributed by atoms with E-state index in [9.17, 15) is 0 Å². The number of halogens is 2. The van der Waals surface area contributed by atoms with Crippen LogP contribution in [0.3, 0.4) is 0 Å². The van der Waals surface area contributed by atoms with Crippen LogP contribution >= 0.6 is 23.2 Å². The molecule has 0 bridgehead atoms. The van der Waals surface area contributed by atoms with E-state index >= 15 is 0 Å². The summed E-state index contributed by atoms with van der Waals surface area (Å²) in [5.41, 5.74) is 2.17. The fraction of sp³-hybridized carbons (Fsp3) is 0.294. The van der Waals surface area contributed by atoms with Crippen LogP contribution in [0.25, 0.3) is 0 Å². The van der Waals surface area contributed by atoms with Crippen molar-refractivity contribution in [3.05, 3.63) is 58.1 Å². The molecule has 22 heavy (non-hydrogen) atoms. The summed E-state index contributed by atoms with van der Waals surface area (Å²) in [6.45, 7) is 0.761. The van der Waals surface area contributed by atoms with Gasteiger partial charge in [-0.15, -0.1) is 0 Å². The standard InChI is InChI=1S/C17H20Cl2N2O/c1-21(2)16(12-4-6-13(18)7-5-12)11-20-14-8-9-17(22-3)15(19)10-14/h4-10,16,20H,11H2,1-3H3. The number of likely N-dealkylation sites (N-methyl/N-ethyl adjacent to an activating group) is 1. The van der Waals surface area contributed by atoms with Crippen LogP contribution in [0.4, 0.5) is 5.69 Å². The molecule has 1 N–H and O–H groups in total. The molecule has 0 radical (unpaired) electrons. The highest BCUT2D eigenvalue weighted by Gasteiger charge is 2.14. The molecule has 0 spiro atoms. The highest BCUT2D eigenvalue weighted by atomic mass is 35.5. The number of nitrogens with one attached hydrogen (secondary N) is 1. The molecule has 3 nitrogen and oxygen atoms in total. The Balaban J connectivity index is 2.09. The zero-order valence-electron chi connectivity index (χ0n) is 12.9. The predicted molar refractivity (Wildman–Crippen MR) is 94.4 cm³/mol. The van der Waals surface area contributed by atoms with E-state index in [-0.39, 0.29) is 6.04 Å². The molecule has 5 heteroatoms. The summed E-state index contributed by atoms with van der Waals surface area (Å²) in [7, 11) is 5.72. The summed E-state index contributed by atoms with van der Waals surface area (Å²) in [5.74, 6) is 0.675. The lowest BCUT2D eigenvalue weighted by atomic mass is 10.1. The zero-order valence-corrected chi connectivity index (χ0v) is 14.4. The SMILES string of the molecule is COc1ccc(NCC(c2ccc(Cl)cc2)N(C)C)cc1Cl. The number of nitrogens with zero attached hydrogens (tertiary/aromatic N) is 1. The Hall–Kier alpha value is -1.42. The lowest BCUT2D eigenvalue weighted by Crippen LogP contribution is -2.26. The van der Waals surface area contributed by atoms with Gasteiger partial charge in [0.15, 0.2) is 0 Å². The van der Waals surface area contributed by atoms with Crippen molar-refractivity contribution in [1.82, 2.24) is 4.90 Å². The monoisotopic (exact) mass is 338 g/mol. The summed E-state index contributed by atoms with van der Waals surface area (Å²) in [5, 5.41) is 4.76. The first kappa shape index (κ1) is 16.9. The van der Waals surface area contributed by atoms with Crippen LogP contribution < -0.4 is 10.1 Å². The first-order chi connectivity index (χ1) is 10.5. The van der Waals surface area contributed by atoms with Crippen LogP contribution in [0.15, 0.2) is 42.5 Å². The van der Waals surface area contributed by atoms with Gasteiger partial charge in [0, 0.05) is 17.3 Å². The smallest absolute Gasteiger partial charge is 0.137 e. The molecule has 0 fully saturated rings. The van der Waals surface area contributed by atoms with Gasteiger partial charge in [-0.2, -0.15) is 0 Å². The fourth-order valence-electron chi connectivity index (χ4n) is 2.27. The molecule has 0 saturated heterocycles. The molecule has 0 aliphatic rings. The van der Waals surface area contributed by atoms with Gasteiger partial charge in [-0.05, 0) is 50.0 Å². The number of hydrogen-bond acceptors (Lipinski definition) is 3. The Morgan fingerprint density at radius 3 is 2.32 bits per heavy atom. The topological polar surface area (TPSA) is 24.5 Å². The third kappa shape index (κ3) is 4.29. The number of benzene rings is 2. The van der Waals surface area contributed by atoms with Crippen LogP contribution in [0.2, 0.25) is 10.0 Å². The fourth-order valence-corrected chi connectivity index (χ4v) is 2.66. The number of rotatable bonds is 6. The molecule has 0 saturated carbocycles. The van der Waals surface area contributed by atoms with Crippen molar-refractivity contribution >= 4 is 28.9 Å². The van der Waals surface area contributed by atoms with E-state index in [4.69, 9.17) is 27.9 Å². The Labute approximate surface area is 141 Å². The molecule has 1 unspecified atom stereocenters. The van der Waals surface area contributed by atoms with E-state index in [1.54, 1.807) is 7.11 Å². The van der Waals surface area contributed by atoms with Gasteiger partial charge in [-0.1, -0.05) is 35.3 Å². The summed E-state index contributed by atoms with van der Waals surface area (Å²) < 4.78 is 5.16. The van der Waals surface area contributed by atoms with E-state index in [2.05, 4.69) is 36.4 Å². The highest BCUT2D eigenvalue weighted by Crippen LogP contribution is 2.28. The first-order valence-electron chi connectivity index (χ1n) is 7.00. The molecule has 2 aromatic rings. The Morgan fingerprint density at radius 2 is 1.77 bits per heavy atom. The van der Waals surface area contributed by atoms with E-state index in [1.165, 1.54) is 5.56 Å². The maximum atomic E-state index is 6.15. The van der Waals surface area contributed by atoms with Crippen molar-refractivity contribution in [1.29, 1.82) is 0 Å². The van der Waals surface area contributed by atoms with Crippen molar-refractivity contribution in [2.24, 2.45) is 0 Å².